The van der Waals surface area contributed by atoms with Crippen LogP contribution in [0.4, 0.5) is 0 Å². The number of allylic oxidation sites excluding steroid dienone is 1. The Kier molecular flexibility index (Phi) is 2.88. The van der Waals surface area contributed by atoms with Crippen LogP contribution in [0.3, 0.4) is 0 Å². The predicted molar refractivity (Wildman–Crippen MR) is 52.7 cm³/mol. The minimum absolute atomic E-state index is 0.156. The molecule has 0 saturated heterocycles. The number of aromatic nitrogens is 1. The fourth-order valence-corrected chi connectivity index (χ4v) is 1.13. The molecular weight excluding hydrogens is 186 g/mol. The molecule has 0 unspecified atom stereocenters. The highest BCUT2D eigenvalue weighted by Crippen LogP contribution is 2.21. The summed E-state index contributed by atoms with van der Waals surface area (Å²) in [5, 5.41) is 15.8. The predicted octanol–water partition coefficient (Wildman–Crippen LogP) is 2.45. The Morgan fingerprint density at radius 3 is 2.85 bits per heavy atom. The van der Waals surface area contributed by atoms with Gasteiger partial charge in [-0.3, -0.25) is 0 Å². The molecule has 0 radical (unpaired) electrons. The Morgan fingerprint density at radius 2 is 2.46 bits per heavy atom. The third-order valence-corrected chi connectivity index (χ3v) is 1.97. The molecule has 1 aromatic rings. The van der Waals surface area contributed by atoms with Crippen LogP contribution in [0.25, 0.3) is 5.03 Å². The lowest BCUT2D eigenvalue weighted by molar-refractivity contribution is 1.35. The molecule has 0 amide bonds. The molecule has 0 atom stereocenters. The van der Waals surface area contributed by atoms with Crippen LogP contribution in [0, 0.1) is 23.7 Å². The number of hydrogen-bond donors (Lipinski definition) is 2. The summed E-state index contributed by atoms with van der Waals surface area (Å²) in [5.74, 6) is 0. The molecule has 0 spiro atoms. The monoisotopic (exact) mass is 193 g/mol. The van der Waals surface area contributed by atoms with E-state index >= 15 is 0 Å². The molecule has 1 rings (SSSR count). The molecule has 13 heavy (non-hydrogen) atoms. The lowest BCUT2D eigenvalue weighted by Crippen LogP contribution is -1.84. The van der Waals surface area contributed by atoms with E-state index in [-0.39, 0.29) is 10.6 Å². The molecule has 0 saturated carbocycles. The van der Waals surface area contributed by atoms with Crippen LogP contribution >= 0.6 is 11.6 Å². The van der Waals surface area contributed by atoms with Gasteiger partial charge in [-0.05, 0) is 18.6 Å². The molecule has 1 aromatic heterocycles. The van der Waals surface area contributed by atoms with Crippen LogP contribution in [0.5, 0.6) is 0 Å². The number of halogens is 1. The largest absolute Gasteiger partial charge is 0.360 e. The van der Waals surface area contributed by atoms with Crippen molar-refractivity contribution in [3.8, 4) is 6.07 Å². The second-order valence-corrected chi connectivity index (χ2v) is 2.95. The van der Waals surface area contributed by atoms with Crippen molar-refractivity contribution in [2.24, 2.45) is 0 Å². The van der Waals surface area contributed by atoms with Gasteiger partial charge in [0.2, 0.25) is 0 Å². The summed E-state index contributed by atoms with van der Waals surface area (Å²) in [4.78, 5) is 2.91. The number of nitrogens with one attached hydrogen (secondary N) is 2. The van der Waals surface area contributed by atoms with Crippen molar-refractivity contribution in [1.82, 2.24) is 4.98 Å². The maximum atomic E-state index is 8.61. The van der Waals surface area contributed by atoms with Gasteiger partial charge in [0.15, 0.2) is 0 Å². The van der Waals surface area contributed by atoms with Crippen molar-refractivity contribution < 1.29 is 0 Å². The van der Waals surface area contributed by atoms with Gasteiger partial charge in [-0.15, -0.1) is 0 Å². The molecule has 0 aliphatic rings. The Hall–Kier alpha value is -1.53. The normalized spacial score (nSPS) is 11.8. The minimum atomic E-state index is 0.156. The second-order valence-electron chi connectivity index (χ2n) is 2.57. The summed E-state index contributed by atoms with van der Waals surface area (Å²) in [5.41, 5.74) is 1.86. The van der Waals surface area contributed by atoms with Gasteiger partial charge >= 0.3 is 0 Å². The molecule has 0 aromatic carbocycles. The SMILES string of the molecule is Cc1c[nH]c(/C(Cl)=C(/C#N)C=N)c1. The Balaban J connectivity index is 3.17. The zero-order chi connectivity index (χ0) is 9.84. The number of H-pyrrole nitrogens is 1. The molecule has 1 heterocycles. The zero-order valence-electron chi connectivity index (χ0n) is 7.06. The first-order valence-electron chi connectivity index (χ1n) is 3.64. The molecule has 4 heteroatoms. The quantitative estimate of drug-likeness (QED) is 0.550. The summed E-state index contributed by atoms with van der Waals surface area (Å²) in [6.07, 6.45) is 2.73. The van der Waals surface area contributed by atoms with Gasteiger partial charge in [0, 0.05) is 12.4 Å². The molecule has 0 aliphatic heterocycles. The van der Waals surface area contributed by atoms with Crippen molar-refractivity contribution >= 4 is 22.8 Å². The Bertz CT molecular complexity index is 395. The smallest absolute Gasteiger partial charge is 0.102 e. The summed E-state index contributed by atoms with van der Waals surface area (Å²) < 4.78 is 0. The molecule has 66 valence electrons. The van der Waals surface area contributed by atoms with Crippen molar-refractivity contribution in [2.45, 2.75) is 6.92 Å². The van der Waals surface area contributed by atoms with Crippen LogP contribution in [0.15, 0.2) is 17.8 Å². The van der Waals surface area contributed by atoms with Crippen LogP contribution in [0.2, 0.25) is 0 Å². The highest BCUT2D eigenvalue weighted by atomic mass is 35.5. The van der Waals surface area contributed by atoms with Crippen LogP contribution < -0.4 is 0 Å². The van der Waals surface area contributed by atoms with Gasteiger partial charge in [0.1, 0.15) is 6.07 Å². The highest BCUT2D eigenvalue weighted by molar-refractivity contribution is 6.50. The van der Waals surface area contributed by atoms with Gasteiger partial charge < -0.3 is 10.4 Å². The molecule has 0 fully saturated rings. The molecule has 0 bridgehead atoms. The lowest BCUT2D eigenvalue weighted by atomic mass is 10.2. The molecule has 3 nitrogen and oxygen atoms in total. The second kappa shape index (κ2) is 3.92. The van der Waals surface area contributed by atoms with Gasteiger partial charge in [-0.2, -0.15) is 5.26 Å². The maximum Gasteiger partial charge on any atom is 0.102 e. The fraction of sp³-hybridized carbons (Fsp3) is 0.111. The number of hydrogen-bond acceptors (Lipinski definition) is 2. The Labute approximate surface area is 81.2 Å². The van der Waals surface area contributed by atoms with Gasteiger partial charge in [-0.25, -0.2) is 0 Å². The number of aromatic amines is 1. The zero-order valence-corrected chi connectivity index (χ0v) is 7.81. The van der Waals surface area contributed by atoms with E-state index in [1.54, 1.807) is 6.20 Å². The molecular formula is C9H8ClN3. The van der Waals surface area contributed by atoms with Crippen LogP contribution in [-0.2, 0) is 0 Å². The van der Waals surface area contributed by atoms with Crippen LogP contribution in [0.1, 0.15) is 11.3 Å². The van der Waals surface area contributed by atoms with Crippen molar-refractivity contribution in [2.75, 3.05) is 0 Å². The average molecular weight is 194 g/mol. The third kappa shape index (κ3) is 1.98. The minimum Gasteiger partial charge on any atom is -0.360 e. The van der Waals surface area contributed by atoms with Crippen LogP contribution in [-0.4, -0.2) is 11.2 Å². The van der Waals surface area contributed by atoms with E-state index in [1.807, 2.05) is 19.1 Å². The first-order chi connectivity index (χ1) is 6.19. The molecule has 0 aliphatic carbocycles. The van der Waals surface area contributed by atoms with Gasteiger partial charge in [-0.1, -0.05) is 11.6 Å². The molecule has 2 N–H and O–H groups in total. The van der Waals surface area contributed by atoms with Crippen molar-refractivity contribution in [1.29, 1.82) is 10.7 Å². The summed E-state index contributed by atoms with van der Waals surface area (Å²) in [7, 11) is 0. The van der Waals surface area contributed by atoms with Gasteiger partial charge in [0.05, 0.1) is 16.3 Å². The van der Waals surface area contributed by atoms with Crippen molar-refractivity contribution in [3.05, 3.63) is 29.1 Å². The number of nitrogens with zero attached hydrogens (tertiary/aromatic N) is 1. The maximum absolute atomic E-state index is 8.61. The van der Waals surface area contributed by atoms with E-state index in [1.165, 1.54) is 0 Å². The third-order valence-electron chi connectivity index (χ3n) is 1.57. The first kappa shape index (κ1) is 9.56. The number of rotatable bonds is 2. The number of aryl methyl sites for hydroxylation is 1. The van der Waals surface area contributed by atoms with E-state index < -0.39 is 0 Å². The van der Waals surface area contributed by atoms with Crippen molar-refractivity contribution in [3.63, 3.8) is 0 Å². The summed E-state index contributed by atoms with van der Waals surface area (Å²) in [6, 6.07) is 3.67. The van der Waals surface area contributed by atoms with Gasteiger partial charge in [0.25, 0.3) is 0 Å². The average Bonchev–Trinajstić information content (AvgIpc) is 2.54. The fourth-order valence-electron chi connectivity index (χ4n) is 0.919. The van der Waals surface area contributed by atoms with E-state index in [0.29, 0.717) is 5.69 Å². The Morgan fingerprint density at radius 1 is 1.77 bits per heavy atom. The first-order valence-corrected chi connectivity index (χ1v) is 4.02. The van der Waals surface area contributed by atoms with E-state index in [9.17, 15) is 0 Å². The van der Waals surface area contributed by atoms with E-state index in [2.05, 4.69) is 4.98 Å². The van der Waals surface area contributed by atoms with E-state index in [4.69, 9.17) is 22.3 Å². The highest BCUT2D eigenvalue weighted by Gasteiger charge is 2.05. The lowest BCUT2D eigenvalue weighted by Gasteiger charge is -1.94. The standard InChI is InChI=1S/C9H8ClN3/c1-6-2-8(13-5-6)9(10)7(3-11)4-12/h2-3,5,11,13H,1H3/b9-7-,11-3?. The topological polar surface area (TPSA) is 63.4 Å². The number of nitriles is 1. The summed E-state index contributed by atoms with van der Waals surface area (Å²) >= 11 is 5.86. The summed E-state index contributed by atoms with van der Waals surface area (Å²) in [6.45, 7) is 1.92. The van der Waals surface area contributed by atoms with E-state index in [0.717, 1.165) is 11.8 Å².